The van der Waals surface area contributed by atoms with Gasteiger partial charge >= 0.3 is 5.97 Å². The van der Waals surface area contributed by atoms with E-state index >= 15 is 0 Å². The van der Waals surface area contributed by atoms with E-state index in [4.69, 9.17) is 33.2 Å². The lowest BCUT2D eigenvalue weighted by Crippen LogP contribution is -2.51. The summed E-state index contributed by atoms with van der Waals surface area (Å²) in [7, 11) is 0. The molecular formula is C19H28O8. The van der Waals surface area contributed by atoms with E-state index in [1.54, 1.807) is 6.92 Å². The van der Waals surface area contributed by atoms with Crippen molar-refractivity contribution < 1.29 is 38.0 Å². The normalized spacial score (nSPS) is 44.8. The molecule has 4 rings (SSSR count). The van der Waals surface area contributed by atoms with Crippen LogP contribution in [0, 0.1) is 5.92 Å². The lowest BCUT2D eigenvalue weighted by molar-refractivity contribution is -0.298. The van der Waals surface area contributed by atoms with Gasteiger partial charge in [0.05, 0.1) is 19.8 Å². The molecule has 0 bridgehead atoms. The van der Waals surface area contributed by atoms with E-state index in [0.29, 0.717) is 12.2 Å². The average Bonchev–Trinajstić information content (AvgIpc) is 3.24. The molecule has 4 fully saturated rings. The van der Waals surface area contributed by atoms with Gasteiger partial charge in [-0.25, -0.2) is 0 Å². The fourth-order valence-electron chi connectivity index (χ4n) is 4.41. The van der Waals surface area contributed by atoms with Crippen LogP contribution in [0.3, 0.4) is 0 Å². The molecule has 1 spiro atoms. The SMILES string of the molecule is C=C1CO[C@@]2(O[C@H]([C@H]3COC(C)(C)O3)[C@@H]3OC(C)(C)O[C@@H]32)[C@@H]1C(=O)OCC. The Balaban J connectivity index is 1.69. The topological polar surface area (TPSA) is 81.7 Å². The summed E-state index contributed by atoms with van der Waals surface area (Å²) < 4.78 is 41.6. The number of carbonyl (C=O) groups excluding carboxylic acids is 1. The second-order valence-electron chi connectivity index (χ2n) is 8.32. The summed E-state index contributed by atoms with van der Waals surface area (Å²) in [6, 6.07) is 0. The Bertz CT molecular complexity index is 644. The van der Waals surface area contributed by atoms with Crippen molar-refractivity contribution in [3.05, 3.63) is 12.2 Å². The van der Waals surface area contributed by atoms with Gasteiger partial charge in [-0.15, -0.1) is 0 Å². The Morgan fingerprint density at radius 1 is 1.07 bits per heavy atom. The van der Waals surface area contributed by atoms with Crippen LogP contribution < -0.4 is 0 Å². The summed E-state index contributed by atoms with van der Waals surface area (Å²) in [6.45, 7) is 13.9. The van der Waals surface area contributed by atoms with E-state index in [-0.39, 0.29) is 19.3 Å². The summed E-state index contributed by atoms with van der Waals surface area (Å²) in [5.74, 6) is -4.12. The first-order valence-corrected chi connectivity index (χ1v) is 9.42. The van der Waals surface area contributed by atoms with E-state index in [9.17, 15) is 4.79 Å². The molecule has 27 heavy (non-hydrogen) atoms. The van der Waals surface area contributed by atoms with Crippen LogP contribution in [0.1, 0.15) is 34.6 Å². The Morgan fingerprint density at radius 2 is 1.81 bits per heavy atom. The third-order valence-electron chi connectivity index (χ3n) is 5.38. The van der Waals surface area contributed by atoms with Crippen LogP contribution in [0.4, 0.5) is 0 Å². The minimum atomic E-state index is -1.34. The second-order valence-corrected chi connectivity index (χ2v) is 8.32. The van der Waals surface area contributed by atoms with Gasteiger partial charge in [0.1, 0.15) is 30.3 Å². The smallest absolute Gasteiger partial charge is 0.318 e. The first kappa shape index (κ1) is 19.3. The van der Waals surface area contributed by atoms with Crippen LogP contribution in [-0.4, -0.2) is 67.6 Å². The highest BCUT2D eigenvalue weighted by atomic mass is 16.8. The number of ether oxygens (including phenoxy) is 7. The highest BCUT2D eigenvalue weighted by Crippen LogP contribution is 2.54. The van der Waals surface area contributed by atoms with Gasteiger partial charge in [0.25, 0.3) is 0 Å². The van der Waals surface area contributed by atoms with E-state index in [0.717, 1.165) is 0 Å². The molecule has 0 radical (unpaired) electrons. The Kier molecular flexibility index (Phi) is 4.46. The molecule has 0 unspecified atom stereocenters. The van der Waals surface area contributed by atoms with Gasteiger partial charge in [0.15, 0.2) is 11.6 Å². The fraction of sp³-hybridized carbons (Fsp3) is 0.842. The third-order valence-corrected chi connectivity index (χ3v) is 5.38. The van der Waals surface area contributed by atoms with Gasteiger partial charge in [-0.1, -0.05) is 6.58 Å². The summed E-state index contributed by atoms with van der Waals surface area (Å²) in [5, 5.41) is 0. The maximum Gasteiger partial charge on any atom is 0.318 e. The molecule has 0 aromatic rings. The van der Waals surface area contributed by atoms with Crippen LogP contribution in [-0.2, 0) is 38.0 Å². The Labute approximate surface area is 159 Å². The highest BCUT2D eigenvalue weighted by Gasteiger charge is 2.72. The minimum Gasteiger partial charge on any atom is -0.465 e. The fourth-order valence-corrected chi connectivity index (χ4v) is 4.41. The first-order chi connectivity index (χ1) is 12.6. The highest BCUT2D eigenvalue weighted by molar-refractivity contribution is 5.78. The maximum atomic E-state index is 12.7. The molecule has 6 atom stereocenters. The number of hydrogen-bond acceptors (Lipinski definition) is 8. The van der Waals surface area contributed by atoms with Crippen molar-refractivity contribution in [2.45, 2.75) is 76.4 Å². The van der Waals surface area contributed by atoms with Gasteiger partial charge in [0, 0.05) is 0 Å². The zero-order valence-electron chi connectivity index (χ0n) is 16.5. The number of hydrogen-bond donors (Lipinski definition) is 0. The summed E-state index contributed by atoms with van der Waals surface area (Å²) >= 11 is 0. The molecule has 4 saturated heterocycles. The monoisotopic (exact) mass is 384 g/mol. The van der Waals surface area contributed by atoms with Gasteiger partial charge in [0.2, 0.25) is 5.79 Å². The van der Waals surface area contributed by atoms with Crippen molar-refractivity contribution in [2.24, 2.45) is 5.92 Å². The van der Waals surface area contributed by atoms with Crippen LogP contribution in [0.5, 0.6) is 0 Å². The van der Waals surface area contributed by atoms with Crippen molar-refractivity contribution in [2.75, 3.05) is 19.8 Å². The lowest BCUT2D eigenvalue weighted by atomic mass is 9.89. The molecule has 4 aliphatic heterocycles. The van der Waals surface area contributed by atoms with Crippen molar-refractivity contribution in [1.82, 2.24) is 0 Å². The standard InChI is InChI=1S/C19H28O8/c1-7-21-16(20)12-10(2)8-23-19(12)15-14(25-18(5,6)27-15)13(26-19)11-9-22-17(3,4)24-11/h11-15H,2,7-9H2,1,3-6H3/t11-,12+,13-,14+,15+,19-/m1/s1. The van der Waals surface area contributed by atoms with Gasteiger partial charge in [-0.05, 0) is 40.2 Å². The zero-order valence-corrected chi connectivity index (χ0v) is 16.5. The van der Waals surface area contributed by atoms with E-state index in [1.807, 2.05) is 27.7 Å². The zero-order chi connectivity index (χ0) is 19.6. The first-order valence-electron chi connectivity index (χ1n) is 9.42. The molecule has 0 aliphatic carbocycles. The quantitative estimate of drug-likeness (QED) is 0.535. The summed E-state index contributed by atoms with van der Waals surface area (Å²) in [6.07, 6.45) is -1.96. The molecule has 0 aromatic heterocycles. The molecule has 0 amide bonds. The van der Waals surface area contributed by atoms with Crippen molar-refractivity contribution in [3.8, 4) is 0 Å². The van der Waals surface area contributed by atoms with E-state index < -0.39 is 47.6 Å². The van der Waals surface area contributed by atoms with Gasteiger partial charge < -0.3 is 33.2 Å². The third kappa shape index (κ3) is 3.03. The predicted octanol–water partition coefficient (Wildman–Crippen LogP) is 1.52. The van der Waals surface area contributed by atoms with E-state index in [1.165, 1.54) is 0 Å². The molecule has 4 aliphatic rings. The van der Waals surface area contributed by atoms with Crippen molar-refractivity contribution >= 4 is 5.97 Å². The molecular weight excluding hydrogens is 356 g/mol. The molecule has 0 aromatic carbocycles. The predicted molar refractivity (Wildman–Crippen MR) is 91.5 cm³/mol. The number of esters is 1. The van der Waals surface area contributed by atoms with E-state index in [2.05, 4.69) is 6.58 Å². The average molecular weight is 384 g/mol. The number of rotatable bonds is 3. The Hall–Kier alpha value is -1.03. The Morgan fingerprint density at radius 3 is 2.44 bits per heavy atom. The minimum absolute atomic E-state index is 0.191. The molecule has 0 N–H and O–H groups in total. The van der Waals surface area contributed by atoms with Gasteiger partial charge in [-0.2, -0.15) is 0 Å². The van der Waals surface area contributed by atoms with Crippen molar-refractivity contribution in [1.29, 1.82) is 0 Å². The number of fused-ring (bicyclic) bond motifs is 2. The number of carbonyl (C=O) groups is 1. The molecule has 8 heteroatoms. The maximum absolute atomic E-state index is 12.7. The summed E-state index contributed by atoms with van der Waals surface area (Å²) in [5.41, 5.74) is 0.602. The molecule has 8 nitrogen and oxygen atoms in total. The molecule has 0 saturated carbocycles. The van der Waals surface area contributed by atoms with Crippen LogP contribution in [0.25, 0.3) is 0 Å². The summed E-state index contributed by atoms with van der Waals surface area (Å²) in [4.78, 5) is 12.7. The largest absolute Gasteiger partial charge is 0.465 e. The molecule has 152 valence electrons. The van der Waals surface area contributed by atoms with Gasteiger partial charge in [-0.3, -0.25) is 4.79 Å². The lowest BCUT2D eigenvalue weighted by Gasteiger charge is -2.34. The molecule has 4 heterocycles. The van der Waals surface area contributed by atoms with Crippen LogP contribution in [0.2, 0.25) is 0 Å². The van der Waals surface area contributed by atoms with Crippen LogP contribution in [0.15, 0.2) is 12.2 Å². The second kappa shape index (κ2) is 6.23. The van der Waals surface area contributed by atoms with Crippen LogP contribution >= 0.6 is 0 Å². The van der Waals surface area contributed by atoms with Crippen molar-refractivity contribution in [3.63, 3.8) is 0 Å².